The minimum atomic E-state index is -0.868. The molecule has 0 bridgehead atoms. The van der Waals surface area contributed by atoms with Crippen molar-refractivity contribution in [2.24, 2.45) is 0 Å². The van der Waals surface area contributed by atoms with E-state index in [1.165, 1.54) is 26.4 Å². The molecule has 0 unspecified atom stereocenters. The lowest BCUT2D eigenvalue weighted by Gasteiger charge is -2.14. The van der Waals surface area contributed by atoms with E-state index in [9.17, 15) is 14.4 Å². The average Bonchev–Trinajstić information content (AvgIpc) is 2.82. The third-order valence-electron chi connectivity index (χ3n) is 4.52. The molecular weight excluding hydrogens is 398 g/mol. The fourth-order valence-corrected chi connectivity index (χ4v) is 3.03. The van der Waals surface area contributed by atoms with Gasteiger partial charge in [0.15, 0.2) is 24.4 Å². The first-order chi connectivity index (χ1) is 15.1. The molecule has 0 fully saturated rings. The second-order valence-electron chi connectivity index (χ2n) is 6.45. The number of carbonyl (C=O) groups excluding carboxylic acids is 3. The van der Waals surface area contributed by atoms with Crippen LogP contribution < -0.4 is 14.8 Å². The number of aldehydes is 1. The highest BCUT2D eigenvalue weighted by atomic mass is 16.5. The summed E-state index contributed by atoms with van der Waals surface area (Å²) >= 11 is 0. The van der Waals surface area contributed by atoms with Gasteiger partial charge in [-0.25, -0.2) is 4.79 Å². The molecule has 0 aromatic heterocycles. The van der Waals surface area contributed by atoms with Crippen molar-refractivity contribution >= 4 is 23.9 Å². The van der Waals surface area contributed by atoms with Crippen molar-refractivity contribution < 1.29 is 28.6 Å². The Morgan fingerprint density at radius 3 is 2.16 bits per heavy atom. The molecule has 0 heterocycles. The van der Waals surface area contributed by atoms with Crippen LogP contribution in [-0.2, 0) is 9.53 Å². The molecule has 7 heteroatoms. The normalized spacial score (nSPS) is 10.1. The van der Waals surface area contributed by atoms with Crippen LogP contribution in [-0.4, -0.2) is 39.0 Å². The largest absolute Gasteiger partial charge is 0.493 e. The summed E-state index contributed by atoms with van der Waals surface area (Å²) < 4.78 is 15.4. The highest BCUT2D eigenvalue weighted by Crippen LogP contribution is 2.33. The number of esters is 1. The van der Waals surface area contributed by atoms with Crippen LogP contribution in [0, 0.1) is 0 Å². The first-order valence-corrected chi connectivity index (χ1v) is 9.40. The number of nitrogens with one attached hydrogen (secondary N) is 1. The fraction of sp³-hybridized carbons (Fsp3) is 0.125. The molecule has 0 atom stereocenters. The Kier molecular flexibility index (Phi) is 7.01. The lowest BCUT2D eigenvalue weighted by molar-refractivity contribution is -0.119. The molecule has 7 nitrogen and oxygen atoms in total. The fourth-order valence-electron chi connectivity index (χ4n) is 3.03. The number of anilines is 1. The zero-order chi connectivity index (χ0) is 22.2. The van der Waals surface area contributed by atoms with Crippen LogP contribution >= 0.6 is 0 Å². The first kappa shape index (κ1) is 21.6. The molecule has 0 saturated carbocycles. The van der Waals surface area contributed by atoms with Crippen molar-refractivity contribution in [2.45, 2.75) is 0 Å². The Bertz CT molecular complexity index is 1080. The summed E-state index contributed by atoms with van der Waals surface area (Å²) in [6.07, 6.45) is 0.507. The van der Waals surface area contributed by atoms with Crippen molar-refractivity contribution in [1.82, 2.24) is 0 Å². The van der Waals surface area contributed by atoms with E-state index >= 15 is 0 Å². The van der Waals surface area contributed by atoms with Crippen LogP contribution in [0.25, 0.3) is 11.1 Å². The Balaban J connectivity index is 1.65. The maximum atomic E-state index is 12.5. The molecule has 0 aliphatic rings. The van der Waals surface area contributed by atoms with Crippen molar-refractivity contribution in [2.75, 3.05) is 26.1 Å². The number of rotatable bonds is 8. The van der Waals surface area contributed by atoms with Crippen LogP contribution in [0.3, 0.4) is 0 Å². The van der Waals surface area contributed by atoms with Gasteiger partial charge in [-0.05, 0) is 35.4 Å². The monoisotopic (exact) mass is 419 g/mol. The molecule has 31 heavy (non-hydrogen) atoms. The predicted octanol–water partition coefficient (Wildman–Crippen LogP) is 3.98. The molecule has 0 aliphatic carbocycles. The van der Waals surface area contributed by atoms with E-state index in [-0.39, 0.29) is 22.6 Å². The molecule has 0 aliphatic heterocycles. The zero-order valence-corrected chi connectivity index (χ0v) is 17.1. The second kappa shape index (κ2) is 10.1. The van der Waals surface area contributed by atoms with Gasteiger partial charge in [-0.3, -0.25) is 9.59 Å². The van der Waals surface area contributed by atoms with Gasteiger partial charge in [0.05, 0.1) is 14.2 Å². The van der Waals surface area contributed by atoms with Gasteiger partial charge < -0.3 is 19.5 Å². The molecule has 3 rings (SSSR count). The standard InChI is InChI=1S/C24H21NO6/c1-29-20-13-10-18(14-26)22(23(20)30-2)24(28)31-15-21(27)25-19-11-8-17(9-12-19)16-6-4-3-5-7-16/h3-14H,15H2,1-2H3,(H,25,27). The number of ether oxygens (including phenoxy) is 3. The maximum absolute atomic E-state index is 12.5. The zero-order valence-electron chi connectivity index (χ0n) is 17.1. The molecule has 0 spiro atoms. The van der Waals surface area contributed by atoms with E-state index in [4.69, 9.17) is 14.2 Å². The number of amides is 1. The molecular formula is C24H21NO6. The van der Waals surface area contributed by atoms with E-state index in [1.807, 2.05) is 42.5 Å². The lowest BCUT2D eigenvalue weighted by Crippen LogP contribution is -2.21. The number of methoxy groups -OCH3 is 2. The van der Waals surface area contributed by atoms with Crippen molar-refractivity contribution in [1.29, 1.82) is 0 Å². The molecule has 3 aromatic rings. The average molecular weight is 419 g/mol. The summed E-state index contributed by atoms with van der Waals surface area (Å²) in [7, 11) is 2.75. The van der Waals surface area contributed by atoms with Crippen molar-refractivity contribution in [3.63, 3.8) is 0 Å². The number of hydrogen-bond donors (Lipinski definition) is 1. The van der Waals surface area contributed by atoms with Gasteiger partial charge in [-0.1, -0.05) is 42.5 Å². The number of hydrogen-bond acceptors (Lipinski definition) is 6. The van der Waals surface area contributed by atoms with Crippen LogP contribution in [0.2, 0.25) is 0 Å². The second-order valence-corrected chi connectivity index (χ2v) is 6.45. The van der Waals surface area contributed by atoms with E-state index < -0.39 is 18.5 Å². The van der Waals surface area contributed by atoms with Gasteiger partial charge in [0.1, 0.15) is 5.56 Å². The van der Waals surface area contributed by atoms with Crippen LogP contribution in [0.4, 0.5) is 5.69 Å². The van der Waals surface area contributed by atoms with Crippen LogP contribution in [0.15, 0.2) is 66.7 Å². The van der Waals surface area contributed by atoms with E-state index in [1.54, 1.807) is 12.1 Å². The van der Waals surface area contributed by atoms with Gasteiger partial charge in [0, 0.05) is 11.3 Å². The van der Waals surface area contributed by atoms with E-state index in [0.29, 0.717) is 12.0 Å². The summed E-state index contributed by atoms with van der Waals surface area (Å²) in [5.74, 6) is -1.06. The maximum Gasteiger partial charge on any atom is 0.343 e. The van der Waals surface area contributed by atoms with Crippen LogP contribution in [0.5, 0.6) is 11.5 Å². The van der Waals surface area contributed by atoms with Gasteiger partial charge in [-0.2, -0.15) is 0 Å². The smallest absolute Gasteiger partial charge is 0.343 e. The highest BCUT2D eigenvalue weighted by molar-refractivity contribution is 6.03. The Morgan fingerprint density at radius 2 is 1.55 bits per heavy atom. The molecule has 1 amide bonds. The number of carbonyl (C=O) groups is 3. The highest BCUT2D eigenvalue weighted by Gasteiger charge is 2.23. The quantitative estimate of drug-likeness (QED) is 0.439. The molecule has 1 N–H and O–H groups in total. The Labute approximate surface area is 179 Å². The van der Waals surface area contributed by atoms with Gasteiger partial charge >= 0.3 is 5.97 Å². The molecule has 158 valence electrons. The minimum absolute atomic E-state index is 0.0639. The lowest BCUT2D eigenvalue weighted by atomic mass is 10.1. The van der Waals surface area contributed by atoms with Crippen molar-refractivity contribution in [3.05, 3.63) is 77.9 Å². The summed E-state index contributed by atoms with van der Waals surface area (Å²) in [6, 6.07) is 20.0. The minimum Gasteiger partial charge on any atom is -0.493 e. The summed E-state index contributed by atoms with van der Waals surface area (Å²) in [4.78, 5) is 36.1. The number of benzene rings is 3. The van der Waals surface area contributed by atoms with Gasteiger partial charge in [-0.15, -0.1) is 0 Å². The third kappa shape index (κ3) is 5.08. The Morgan fingerprint density at radius 1 is 0.871 bits per heavy atom. The first-order valence-electron chi connectivity index (χ1n) is 9.40. The molecule has 3 aromatic carbocycles. The summed E-state index contributed by atoms with van der Waals surface area (Å²) in [6.45, 7) is -0.530. The topological polar surface area (TPSA) is 90.9 Å². The van der Waals surface area contributed by atoms with Gasteiger partial charge in [0.25, 0.3) is 5.91 Å². The van der Waals surface area contributed by atoms with Crippen LogP contribution in [0.1, 0.15) is 20.7 Å². The van der Waals surface area contributed by atoms with E-state index in [2.05, 4.69) is 5.32 Å². The predicted molar refractivity (Wildman–Crippen MR) is 116 cm³/mol. The van der Waals surface area contributed by atoms with E-state index in [0.717, 1.165) is 11.1 Å². The third-order valence-corrected chi connectivity index (χ3v) is 4.52. The van der Waals surface area contributed by atoms with Gasteiger partial charge in [0.2, 0.25) is 0 Å². The molecule has 0 saturated heterocycles. The molecule has 0 radical (unpaired) electrons. The Hall–Kier alpha value is -4.13. The van der Waals surface area contributed by atoms with Crippen molar-refractivity contribution in [3.8, 4) is 22.6 Å². The SMILES string of the molecule is COc1ccc(C=O)c(C(=O)OCC(=O)Nc2ccc(-c3ccccc3)cc2)c1OC. The summed E-state index contributed by atoms with van der Waals surface area (Å²) in [5, 5.41) is 2.67. The summed E-state index contributed by atoms with van der Waals surface area (Å²) in [5.41, 5.74) is 2.61.